The van der Waals surface area contributed by atoms with Crippen LogP contribution in [0, 0.1) is 18.8 Å². The smallest absolute Gasteiger partial charge is 0.276 e. The Labute approximate surface area is 100 Å². The maximum absolute atomic E-state index is 5.82. The molecule has 0 radical (unpaired) electrons. The number of hydrogen-bond acceptors (Lipinski definition) is 5. The molecule has 90 valence electrons. The lowest BCUT2D eigenvalue weighted by Gasteiger charge is -2.32. The average molecular weight is 241 g/mol. The molecule has 0 spiro atoms. The van der Waals surface area contributed by atoms with Gasteiger partial charge in [-0.05, 0) is 31.2 Å². The minimum atomic E-state index is 0.536. The Morgan fingerprint density at radius 2 is 2.25 bits per heavy atom. The molecule has 16 heavy (non-hydrogen) atoms. The summed E-state index contributed by atoms with van der Waals surface area (Å²) in [5.74, 6) is 2.01. The summed E-state index contributed by atoms with van der Waals surface area (Å²) in [5, 5.41) is 9.12. The van der Waals surface area contributed by atoms with Gasteiger partial charge in [0.05, 0.1) is 0 Å². The summed E-state index contributed by atoms with van der Waals surface area (Å²) < 4.78 is 5.41. The second kappa shape index (κ2) is 5.19. The Kier molecular flexibility index (Phi) is 3.86. The van der Waals surface area contributed by atoms with E-state index in [2.05, 4.69) is 17.1 Å². The van der Waals surface area contributed by atoms with Crippen molar-refractivity contribution in [2.75, 3.05) is 6.54 Å². The molecule has 0 amide bonds. The third kappa shape index (κ3) is 2.77. The van der Waals surface area contributed by atoms with E-state index in [1.807, 2.05) is 6.92 Å². The lowest BCUT2D eigenvalue weighted by molar-refractivity contribution is 0.304. The lowest BCUT2D eigenvalue weighted by Crippen LogP contribution is -2.31. The van der Waals surface area contributed by atoms with E-state index in [0.29, 0.717) is 22.3 Å². The third-order valence-electron chi connectivity index (χ3n) is 3.25. The Bertz CT molecular complexity index is 342. The fourth-order valence-corrected chi connectivity index (χ4v) is 3.64. The van der Waals surface area contributed by atoms with E-state index in [9.17, 15) is 0 Å². The van der Waals surface area contributed by atoms with E-state index < -0.39 is 0 Å². The Balaban J connectivity index is 2.00. The highest BCUT2D eigenvalue weighted by Crippen LogP contribution is 2.38. The van der Waals surface area contributed by atoms with Crippen molar-refractivity contribution in [2.24, 2.45) is 17.6 Å². The Morgan fingerprint density at radius 1 is 1.44 bits per heavy atom. The molecular weight excluding hydrogens is 222 g/mol. The molecule has 1 fully saturated rings. The third-order valence-corrected chi connectivity index (χ3v) is 4.50. The number of aryl methyl sites for hydroxylation is 1. The van der Waals surface area contributed by atoms with Crippen molar-refractivity contribution in [3.8, 4) is 0 Å². The zero-order chi connectivity index (χ0) is 11.5. The van der Waals surface area contributed by atoms with Gasteiger partial charge in [0.15, 0.2) is 0 Å². The van der Waals surface area contributed by atoms with Crippen LogP contribution in [0.5, 0.6) is 0 Å². The quantitative estimate of drug-likeness (QED) is 0.879. The summed E-state index contributed by atoms with van der Waals surface area (Å²) in [6.07, 6.45) is 3.72. The number of nitrogens with zero attached hydrogens (tertiary/aromatic N) is 2. The van der Waals surface area contributed by atoms with Crippen LogP contribution in [-0.2, 0) is 0 Å². The maximum atomic E-state index is 5.82. The summed E-state index contributed by atoms with van der Waals surface area (Å²) in [7, 11) is 0. The average Bonchev–Trinajstić information content (AvgIpc) is 2.64. The molecule has 1 aliphatic carbocycles. The molecule has 1 aromatic rings. The highest BCUT2D eigenvalue weighted by atomic mass is 32.2. The standard InChI is InChI=1S/C11H19N3OS/c1-7-3-4-9(6-12)10(5-7)16-11-14-13-8(2)15-11/h7,9-10H,3-6,12H2,1-2H3. The van der Waals surface area contributed by atoms with Crippen molar-refractivity contribution in [3.63, 3.8) is 0 Å². The van der Waals surface area contributed by atoms with Crippen LogP contribution in [0.15, 0.2) is 9.64 Å². The number of nitrogens with two attached hydrogens (primary N) is 1. The predicted molar refractivity (Wildman–Crippen MR) is 64.2 cm³/mol. The van der Waals surface area contributed by atoms with Gasteiger partial charge in [0.1, 0.15) is 0 Å². The SMILES string of the molecule is Cc1nnc(SC2CC(C)CCC2CN)o1. The largest absolute Gasteiger partial charge is 0.416 e. The van der Waals surface area contributed by atoms with Gasteiger partial charge in [0, 0.05) is 12.2 Å². The molecule has 4 nitrogen and oxygen atoms in total. The van der Waals surface area contributed by atoms with Gasteiger partial charge in [-0.1, -0.05) is 25.1 Å². The molecule has 0 aliphatic heterocycles. The van der Waals surface area contributed by atoms with E-state index in [1.165, 1.54) is 19.3 Å². The predicted octanol–water partition coefficient (Wildman–Crippen LogP) is 2.23. The zero-order valence-electron chi connectivity index (χ0n) is 9.85. The molecule has 1 saturated carbocycles. The van der Waals surface area contributed by atoms with E-state index in [-0.39, 0.29) is 0 Å². The lowest BCUT2D eigenvalue weighted by atomic mass is 9.82. The van der Waals surface area contributed by atoms with Gasteiger partial charge in [-0.3, -0.25) is 0 Å². The topological polar surface area (TPSA) is 64.9 Å². The molecule has 1 aliphatic rings. The molecule has 5 heteroatoms. The van der Waals surface area contributed by atoms with Gasteiger partial charge in [-0.2, -0.15) is 0 Å². The summed E-state index contributed by atoms with van der Waals surface area (Å²) >= 11 is 1.70. The Hall–Kier alpha value is -0.550. The summed E-state index contributed by atoms with van der Waals surface area (Å²) in [5.41, 5.74) is 5.82. The van der Waals surface area contributed by atoms with Gasteiger partial charge < -0.3 is 10.2 Å². The molecule has 0 aromatic carbocycles. The van der Waals surface area contributed by atoms with Crippen LogP contribution in [0.2, 0.25) is 0 Å². The molecule has 3 atom stereocenters. The van der Waals surface area contributed by atoms with Gasteiger partial charge in [0.25, 0.3) is 5.22 Å². The van der Waals surface area contributed by atoms with Crippen molar-refractivity contribution >= 4 is 11.8 Å². The minimum absolute atomic E-state index is 0.536. The van der Waals surface area contributed by atoms with Crippen molar-refractivity contribution in [3.05, 3.63) is 5.89 Å². The van der Waals surface area contributed by atoms with E-state index in [1.54, 1.807) is 11.8 Å². The van der Waals surface area contributed by atoms with Crippen LogP contribution in [0.1, 0.15) is 32.1 Å². The van der Waals surface area contributed by atoms with Gasteiger partial charge in [-0.15, -0.1) is 10.2 Å². The Morgan fingerprint density at radius 3 is 2.88 bits per heavy atom. The van der Waals surface area contributed by atoms with Crippen molar-refractivity contribution < 1.29 is 4.42 Å². The van der Waals surface area contributed by atoms with Crippen LogP contribution < -0.4 is 5.73 Å². The number of aromatic nitrogens is 2. The van der Waals surface area contributed by atoms with Crippen molar-refractivity contribution in [1.29, 1.82) is 0 Å². The molecule has 2 N–H and O–H groups in total. The second-order valence-electron chi connectivity index (χ2n) is 4.66. The van der Waals surface area contributed by atoms with Crippen LogP contribution in [0.4, 0.5) is 0 Å². The summed E-state index contributed by atoms with van der Waals surface area (Å²) in [6, 6.07) is 0. The first-order valence-corrected chi connectivity index (χ1v) is 6.74. The summed E-state index contributed by atoms with van der Waals surface area (Å²) in [6.45, 7) is 4.89. The van der Waals surface area contributed by atoms with Gasteiger partial charge >= 0.3 is 0 Å². The maximum Gasteiger partial charge on any atom is 0.276 e. The molecule has 1 aromatic heterocycles. The normalized spacial score (nSPS) is 30.6. The van der Waals surface area contributed by atoms with Gasteiger partial charge in [-0.25, -0.2) is 0 Å². The van der Waals surface area contributed by atoms with Crippen LogP contribution in [-0.4, -0.2) is 22.0 Å². The van der Waals surface area contributed by atoms with Crippen LogP contribution >= 0.6 is 11.8 Å². The first-order chi connectivity index (χ1) is 7.69. The fourth-order valence-electron chi connectivity index (χ4n) is 2.26. The first-order valence-electron chi connectivity index (χ1n) is 5.86. The van der Waals surface area contributed by atoms with E-state index in [4.69, 9.17) is 10.2 Å². The summed E-state index contributed by atoms with van der Waals surface area (Å²) in [4.78, 5) is 0. The number of hydrogen-bond donors (Lipinski definition) is 1. The molecule has 0 bridgehead atoms. The van der Waals surface area contributed by atoms with E-state index >= 15 is 0 Å². The fraction of sp³-hybridized carbons (Fsp3) is 0.818. The number of rotatable bonds is 3. The molecule has 3 unspecified atom stereocenters. The first kappa shape index (κ1) is 11.9. The monoisotopic (exact) mass is 241 g/mol. The number of thioether (sulfide) groups is 1. The minimum Gasteiger partial charge on any atom is -0.416 e. The molecule has 2 rings (SSSR count). The molecular formula is C11H19N3OS. The molecule has 0 saturated heterocycles. The van der Waals surface area contributed by atoms with Gasteiger partial charge in [0.2, 0.25) is 5.89 Å². The van der Waals surface area contributed by atoms with Crippen molar-refractivity contribution in [1.82, 2.24) is 10.2 Å². The molecule has 1 heterocycles. The van der Waals surface area contributed by atoms with Crippen LogP contribution in [0.25, 0.3) is 0 Å². The van der Waals surface area contributed by atoms with E-state index in [0.717, 1.165) is 12.5 Å². The highest BCUT2D eigenvalue weighted by Gasteiger charge is 2.29. The second-order valence-corrected chi connectivity index (χ2v) is 5.85. The zero-order valence-corrected chi connectivity index (χ0v) is 10.7. The highest BCUT2D eigenvalue weighted by molar-refractivity contribution is 7.99. The van der Waals surface area contributed by atoms with Crippen LogP contribution in [0.3, 0.4) is 0 Å². The van der Waals surface area contributed by atoms with Crippen molar-refractivity contribution in [2.45, 2.75) is 43.6 Å².